The van der Waals surface area contributed by atoms with Crippen molar-refractivity contribution in [3.63, 3.8) is 0 Å². The lowest BCUT2D eigenvalue weighted by molar-refractivity contribution is -0.190. The van der Waals surface area contributed by atoms with Crippen molar-refractivity contribution in [1.29, 1.82) is 0 Å². The molecule has 2 unspecified atom stereocenters. The number of nitrogens with zero attached hydrogens (tertiary/aromatic N) is 5. The van der Waals surface area contributed by atoms with Crippen LogP contribution in [0.2, 0.25) is 0 Å². The molecule has 1 aliphatic rings. The fraction of sp³-hybridized carbons (Fsp3) is 0.476. The minimum atomic E-state index is -5.14. The monoisotopic (exact) mass is 479 g/mol. The second kappa shape index (κ2) is 9.50. The average molecular weight is 479 g/mol. The molecule has 182 valence electrons. The molecule has 3 aromatic rings. The van der Waals surface area contributed by atoms with Gasteiger partial charge in [-0.15, -0.1) is 5.10 Å². The van der Waals surface area contributed by atoms with Crippen LogP contribution in [-0.4, -0.2) is 67.6 Å². The Morgan fingerprint density at radius 2 is 2.09 bits per heavy atom. The van der Waals surface area contributed by atoms with E-state index in [0.29, 0.717) is 30.4 Å². The number of hydrogen-bond donors (Lipinski definition) is 3. The van der Waals surface area contributed by atoms with Gasteiger partial charge in [0.15, 0.2) is 5.65 Å². The molecule has 34 heavy (non-hydrogen) atoms. The summed E-state index contributed by atoms with van der Waals surface area (Å²) in [7, 11) is 0. The van der Waals surface area contributed by atoms with E-state index in [9.17, 15) is 23.1 Å². The molecular weight excluding hydrogens is 455 g/mol. The maximum absolute atomic E-state index is 12.7. The molecule has 4 rings (SSSR count). The first-order valence-corrected chi connectivity index (χ1v) is 10.8. The van der Waals surface area contributed by atoms with E-state index in [4.69, 9.17) is 0 Å². The summed E-state index contributed by atoms with van der Waals surface area (Å²) in [6.07, 6.45) is -1.70. The van der Waals surface area contributed by atoms with Crippen molar-refractivity contribution in [1.82, 2.24) is 29.9 Å². The van der Waals surface area contributed by atoms with Crippen LogP contribution in [0.15, 0.2) is 24.5 Å². The molecule has 0 saturated carbocycles. The summed E-state index contributed by atoms with van der Waals surface area (Å²) >= 11 is 0. The number of piperidine rings is 1. The van der Waals surface area contributed by atoms with Crippen LogP contribution in [0.5, 0.6) is 5.88 Å². The number of carbonyl (C=O) groups excluding carboxylic acids is 1. The number of anilines is 1. The van der Waals surface area contributed by atoms with E-state index in [1.165, 1.54) is 10.7 Å². The number of carbonyl (C=O) groups is 1. The molecule has 3 N–H and O–H groups in total. The molecule has 1 aliphatic heterocycles. The zero-order valence-electron chi connectivity index (χ0n) is 18.5. The number of aliphatic hydroxyl groups is 1. The second-order valence-corrected chi connectivity index (χ2v) is 8.31. The molecule has 1 fully saturated rings. The van der Waals surface area contributed by atoms with Crippen LogP contribution in [-0.2, 0) is 4.79 Å². The predicted molar refractivity (Wildman–Crippen MR) is 115 cm³/mol. The number of nitrogens with one attached hydrogen (secondary N) is 2. The summed E-state index contributed by atoms with van der Waals surface area (Å²) in [4.78, 5) is 24.6. The largest absolute Gasteiger partial charge is 0.491 e. The summed E-state index contributed by atoms with van der Waals surface area (Å²) in [6.45, 7) is 5.35. The second-order valence-electron chi connectivity index (χ2n) is 8.31. The van der Waals surface area contributed by atoms with E-state index in [2.05, 4.69) is 35.4 Å². The molecular formula is C21H24F3N7O3. The van der Waals surface area contributed by atoms with Gasteiger partial charge in [0.1, 0.15) is 0 Å². The number of ether oxygens (including phenoxy) is 1. The van der Waals surface area contributed by atoms with Crippen LogP contribution in [0.1, 0.15) is 31.7 Å². The standard InChI is InChI=1S/C21H24F3N7O3/c1-11(2)16-17-28-14(5-8-31(17)30-18(16)34-19(33)21(22,23)24)13-4-7-26-20(29-13)27-9-12-3-6-25-10-15(12)32/h4-5,7-8,11-12,15,25,32H,3,6,9-10H2,1-2H3,(H,26,27,29). The molecule has 0 radical (unpaired) electrons. The van der Waals surface area contributed by atoms with Gasteiger partial charge in [-0.3, -0.25) is 0 Å². The maximum Gasteiger partial charge on any atom is 0.491 e. The third-order valence-electron chi connectivity index (χ3n) is 5.51. The van der Waals surface area contributed by atoms with Gasteiger partial charge in [-0.1, -0.05) is 13.8 Å². The van der Waals surface area contributed by atoms with Gasteiger partial charge in [-0.05, 0) is 31.0 Å². The van der Waals surface area contributed by atoms with Crippen LogP contribution in [0, 0.1) is 5.92 Å². The van der Waals surface area contributed by atoms with Gasteiger partial charge in [-0.25, -0.2) is 24.3 Å². The molecule has 0 aromatic carbocycles. The number of alkyl halides is 3. The van der Waals surface area contributed by atoms with Crippen molar-refractivity contribution in [2.24, 2.45) is 5.92 Å². The van der Waals surface area contributed by atoms with Crippen molar-refractivity contribution in [2.75, 3.05) is 25.0 Å². The van der Waals surface area contributed by atoms with Crippen molar-refractivity contribution in [3.05, 3.63) is 30.1 Å². The molecule has 0 bridgehead atoms. The number of aromatic nitrogens is 5. The zero-order chi connectivity index (χ0) is 24.5. The average Bonchev–Trinajstić information content (AvgIpc) is 3.15. The van der Waals surface area contributed by atoms with Crippen molar-refractivity contribution < 1.29 is 27.8 Å². The number of β-amino-alcohol motifs (C(OH)–C–C–N with tert-alkyl or cyclic N) is 1. The smallest absolute Gasteiger partial charge is 0.399 e. The summed E-state index contributed by atoms with van der Waals surface area (Å²) in [5.74, 6) is -2.67. The number of aliphatic hydroxyl groups excluding tert-OH is 1. The van der Waals surface area contributed by atoms with Crippen LogP contribution in [0.3, 0.4) is 0 Å². The van der Waals surface area contributed by atoms with E-state index in [1.807, 2.05) is 0 Å². The Hall–Kier alpha value is -3.32. The highest BCUT2D eigenvalue weighted by molar-refractivity contribution is 5.78. The number of hydrogen-bond acceptors (Lipinski definition) is 9. The Morgan fingerprint density at radius 3 is 2.79 bits per heavy atom. The Morgan fingerprint density at radius 1 is 1.32 bits per heavy atom. The third-order valence-corrected chi connectivity index (χ3v) is 5.51. The first kappa shape index (κ1) is 23.8. The fourth-order valence-corrected chi connectivity index (χ4v) is 3.74. The highest BCUT2D eigenvalue weighted by Crippen LogP contribution is 2.32. The quantitative estimate of drug-likeness (QED) is 0.456. The van der Waals surface area contributed by atoms with E-state index < -0.39 is 24.1 Å². The van der Waals surface area contributed by atoms with Crippen LogP contribution >= 0.6 is 0 Å². The lowest BCUT2D eigenvalue weighted by Gasteiger charge is -2.28. The first-order chi connectivity index (χ1) is 16.1. The lowest BCUT2D eigenvalue weighted by Crippen LogP contribution is -2.43. The lowest BCUT2D eigenvalue weighted by atomic mass is 9.95. The molecule has 10 nitrogen and oxygen atoms in total. The number of esters is 1. The van der Waals surface area contributed by atoms with E-state index in [-0.39, 0.29) is 23.0 Å². The van der Waals surface area contributed by atoms with Crippen LogP contribution < -0.4 is 15.4 Å². The molecule has 3 aromatic heterocycles. The molecule has 2 atom stereocenters. The van der Waals surface area contributed by atoms with Crippen molar-refractivity contribution in [3.8, 4) is 17.3 Å². The highest BCUT2D eigenvalue weighted by Gasteiger charge is 2.42. The van der Waals surface area contributed by atoms with Gasteiger partial charge in [0.05, 0.1) is 23.1 Å². The summed E-state index contributed by atoms with van der Waals surface area (Å²) in [6, 6.07) is 3.25. The summed E-state index contributed by atoms with van der Waals surface area (Å²) in [5, 5.41) is 20.3. The van der Waals surface area contributed by atoms with Gasteiger partial charge in [0.2, 0.25) is 11.8 Å². The molecule has 1 saturated heterocycles. The Balaban J connectivity index is 1.60. The van der Waals surface area contributed by atoms with Crippen molar-refractivity contribution >= 4 is 17.6 Å². The highest BCUT2D eigenvalue weighted by atomic mass is 19.4. The summed E-state index contributed by atoms with van der Waals surface area (Å²) < 4.78 is 43.8. The van der Waals surface area contributed by atoms with Gasteiger partial charge in [-0.2, -0.15) is 13.2 Å². The topological polar surface area (TPSA) is 127 Å². The van der Waals surface area contributed by atoms with Crippen LogP contribution in [0.25, 0.3) is 17.0 Å². The van der Waals surface area contributed by atoms with Gasteiger partial charge in [0, 0.05) is 31.4 Å². The van der Waals surface area contributed by atoms with Gasteiger partial charge >= 0.3 is 12.1 Å². The number of fused-ring (bicyclic) bond motifs is 1. The molecule has 0 amide bonds. The molecule has 0 aliphatic carbocycles. The van der Waals surface area contributed by atoms with E-state index in [1.54, 1.807) is 32.2 Å². The SMILES string of the molecule is CC(C)c1c(OC(=O)C(F)(F)F)nn2ccc(-c3ccnc(NCC4CCNCC4O)n3)nc12. The molecule has 4 heterocycles. The van der Waals surface area contributed by atoms with Crippen LogP contribution in [0.4, 0.5) is 19.1 Å². The van der Waals surface area contributed by atoms with Gasteiger partial charge in [0.25, 0.3) is 0 Å². The Labute approximate surface area is 192 Å². The fourth-order valence-electron chi connectivity index (χ4n) is 3.74. The Bertz CT molecular complexity index is 1180. The minimum absolute atomic E-state index is 0.0706. The van der Waals surface area contributed by atoms with Crippen molar-refractivity contribution in [2.45, 2.75) is 38.5 Å². The molecule has 0 spiro atoms. The normalized spacial score (nSPS) is 18.9. The van der Waals surface area contributed by atoms with E-state index in [0.717, 1.165) is 13.0 Å². The first-order valence-electron chi connectivity index (χ1n) is 10.8. The van der Waals surface area contributed by atoms with E-state index >= 15 is 0 Å². The maximum atomic E-state index is 12.7. The molecule has 13 heteroatoms. The number of rotatable bonds is 6. The minimum Gasteiger partial charge on any atom is -0.399 e. The third kappa shape index (κ3) is 5.09. The zero-order valence-corrected chi connectivity index (χ0v) is 18.5. The Kier molecular flexibility index (Phi) is 6.66. The predicted octanol–water partition coefficient (Wildman–Crippen LogP) is 2.16. The summed E-state index contributed by atoms with van der Waals surface area (Å²) in [5.41, 5.74) is 1.45. The number of halogens is 3. The van der Waals surface area contributed by atoms with Gasteiger partial charge < -0.3 is 20.5 Å².